The van der Waals surface area contributed by atoms with Crippen molar-refractivity contribution in [3.63, 3.8) is 0 Å². The Morgan fingerprint density at radius 2 is 0.925 bits per heavy atom. The molecule has 4 fully saturated rings. The largest absolute Gasteiger partial charge is 0.0885 e. The first kappa shape index (κ1) is 34.0. The van der Waals surface area contributed by atoms with Crippen molar-refractivity contribution in [1.29, 1.82) is 0 Å². The number of allylic oxidation sites excluding steroid dienone is 4. The zero-order chi connectivity index (χ0) is 28.4. The fraction of sp³-hybridized carbons (Fsp3) is 0.900. The van der Waals surface area contributed by atoms with Crippen LogP contribution in [0, 0.1) is 47.3 Å². The highest BCUT2D eigenvalue weighted by molar-refractivity contribution is 4.93. The number of rotatable bonds is 12. The summed E-state index contributed by atoms with van der Waals surface area (Å²) in [6.07, 6.45) is 45.2. The SMILES string of the molecule is CC/C=C/C1CCC(C2CCC(CCCCC)CC2)CC1.CCC/C=C/C1CCC(C2CCC(CC)CC2)CC1.[HH].[HH].[HH].[HH]. The number of hydrogen-bond donors (Lipinski definition) is 0. The monoisotopic (exact) mass is 561 g/mol. The molecule has 0 unspecified atom stereocenters. The maximum Gasteiger partial charge on any atom is 0 e. The van der Waals surface area contributed by atoms with Gasteiger partial charge >= 0.3 is 0 Å². The molecular weight excluding hydrogens is 480 g/mol. The molecule has 0 aromatic carbocycles. The van der Waals surface area contributed by atoms with Crippen LogP contribution in [0.1, 0.15) is 188 Å². The van der Waals surface area contributed by atoms with Gasteiger partial charge in [-0.2, -0.15) is 0 Å². The van der Waals surface area contributed by atoms with E-state index in [-0.39, 0.29) is 5.71 Å². The van der Waals surface area contributed by atoms with Crippen LogP contribution < -0.4 is 0 Å². The van der Waals surface area contributed by atoms with Gasteiger partial charge in [0.15, 0.2) is 0 Å². The molecular formula is C40H80. The van der Waals surface area contributed by atoms with Crippen LogP contribution in [0.25, 0.3) is 0 Å². The van der Waals surface area contributed by atoms with Crippen molar-refractivity contribution in [2.75, 3.05) is 0 Å². The van der Waals surface area contributed by atoms with E-state index in [4.69, 9.17) is 0 Å². The van der Waals surface area contributed by atoms with Gasteiger partial charge in [-0.15, -0.1) is 0 Å². The molecule has 4 saturated carbocycles. The fourth-order valence-corrected chi connectivity index (χ4v) is 9.10. The van der Waals surface area contributed by atoms with Gasteiger partial charge < -0.3 is 0 Å². The third-order valence-electron chi connectivity index (χ3n) is 12.0. The van der Waals surface area contributed by atoms with E-state index in [1.807, 2.05) is 0 Å². The predicted molar refractivity (Wildman–Crippen MR) is 188 cm³/mol. The van der Waals surface area contributed by atoms with E-state index in [2.05, 4.69) is 52.0 Å². The summed E-state index contributed by atoms with van der Waals surface area (Å²) in [6, 6.07) is 0. The Morgan fingerprint density at radius 3 is 1.35 bits per heavy atom. The second kappa shape index (κ2) is 20.4. The van der Waals surface area contributed by atoms with E-state index in [0.717, 1.165) is 47.3 Å². The molecule has 0 aromatic heterocycles. The lowest BCUT2D eigenvalue weighted by Gasteiger charge is -2.37. The smallest absolute Gasteiger partial charge is 0 e. The Bertz CT molecular complexity index is 659. The Labute approximate surface area is 259 Å². The first-order valence-electron chi connectivity index (χ1n) is 19.0. The van der Waals surface area contributed by atoms with Crippen LogP contribution in [0.3, 0.4) is 0 Å². The van der Waals surface area contributed by atoms with E-state index in [9.17, 15) is 0 Å². The zero-order valence-electron chi connectivity index (χ0n) is 27.9. The maximum absolute atomic E-state index is 2.52. The first-order chi connectivity index (χ1) is 19.7. The summed E-state index contributed by atoms with van der Waals surface area (Å²) in [7, 11) is 0. The molecule has 0 heterocycles. The quantitative estimate of drug-likeness (QED) is 0.164. The molecule has 0 saturated heterocycles. The van der Waals surface area contributed by atoms with E-state index < -0.39 is 0 Å². The molecule has 0 amide bonds. The highest BCUT2D eigenvalue weighted by atomic mass is 14.4. The minimum absolute atomic E-state index is 0. The average molecular weight is 561 g/mol. The highest BCUT2D eigenvalue weighted by Gasteiger charge is 2.31. The minimum atomic E-state index is 0. The molecule has 40 heavy (non-hydrogen) atoms. The lowest BCUT2D eigenvalue weighted by Crippen LogP contribution is -2.25. The van der Waals surface area contributed by atoms with E-state index in [1.54, 1.807) is 38.5 Å². The summed E-state index contributed by atoms with van der Waals surface area (Å²) >= 11 is 0. The Balaban J connectivity index is 0. The van der Waals surface area contributed by atoms with Crippen LogP contribution in [0.5, 0.6) is 0 Å². The molecule has 4 aliphatic carbocycles. The van der Waals surface area contributed by atoms with Crippen molar-refractivity contribution >= 4 is 0 Å². The van der Waals surface area contributed by atoms with Crippen molar-refractivity contribution in [3.8, 4) is 0 Å². The standard InChI is InChI=1S/C21H38.C19H34.4H2/c1-3-5-7-9-19-12-16-21(17-13-19)20-14-10-18(11-15-20)8-6-4-2;1-3-5-6-7-17-10-14-19(15-11-17)18-12-8-16(4-2)9-13-18;;;;/h6,8,18-21H,3-5,7,9-17H2,1-2H3;6-7,16-19H,3-5,8-15H2,1-2H3;4*1H/b8-6+;7-6+;;;;. The molecule has 0 aromatic rings. The third kappa shape index (κ3) is 12.4. The molecule has 0 aliphatic heterocycles. The van der Waals surface area contributed by atoms with Crippen molar-refractivity contribution in [1.82, 2.24) is 0 Å². The van der Waals surface area contributed by atoms with Gasteiger partial charge in [0, 0.05) is 5.71 Å². The molecule has 0 spiro atoms. The van der Waals surface area contributed by atoms with Crippen molar-refractivity contribution in [3.05, 3.63) is 24.3 Å². The lowest BCUT2D eigenvalue weighted by atomic mass is 9.68. The molecule has 0 radical (unpaired) electrons. The van der Waals surface area contributed by atoms with Gasteiger partial charge in [-0.05, 0) is 137 Å². The molecule has 240 valence electrons. The molecule has 0 heteroatoms. The fourth-order valence-electron chi connectivity index (χ4n) is 9.10. The van der Waals surface area contributed by atoms with Gasteiger partial charge in [-0.25, -0.2) is 0 Å². The highest BCUT2D eigenvalue weighted by Crippen LogP contribution is 2.43. The Kier molecular flexibility index (Phi) is 17.3. The van der Waals surface area contributed by atoms with Gasteiger partial charge in [0.05, 0.1) is 0 Å². The van der Waals surface area contributed by atoms with Crippen LogP contribution in [0.4, 0.5) is 0 Å². The van der Waals surface area contributed by atoms with E-state index in [0.29, 0.717) is 0 Å². The average Bonchev–Trinajstić information content (AvgIpc) is 3.02. The van der Waals surface area contributed by atoms with Gasteiger partial charge in [0.2, 0.25) is 0 Å². The summed E-state index contributed by atoms with van der Waals surface area (Å²) in [4.78, 5) is 0. The summed E-state index contributed by atoms with van der Waals surface area (Å²) < 4.78 is 0. The van der Waals surface area contributed by atoms with Crippen LogP contribution in [0.2, 0.25) is 0 Å². The Morgan fingerprint density at radius 1 is 0.475 bits per heavy atom. The molecule has 4 rings (SSSR count). The van der Waals surface area contributed by atoms with Crippen LogP contribution in [-0.4, -0.2) is 0 Å². The molecule has 0 N–H and O–H groups in total. The summed E-state index contributed by atoms with van der Waals surface area (Å²) in [5.74, 6) is 8.29. The van der Waals surface area contributed by atoms with Crippen molar-refractivity contribution in [2.24, 2.45) is 47.3 Å². The van der Waals surface area contributed by atoms with Crippen molar-refractivity contribution in [2.45, 2.75) is 182 Å². The number of hydrogen-bond acceptors (Lipinski definition) is 0. The molecule has 0 bridgehead atoms. The number of unbranched alkanes of at least 4 members (excludes halogenated alkanes) is 3. The maximum atomic E-state index is 2.52. The van der Waals surface area contributed by atoms with Crippen molar-refractivity contribution < 1.29 is 5.71 Å². The topological polar surface area (TPSA) is 0 Å². The van der Waals surface area contributed by atoms with Gasteiger partial charge in [0.25, 0.3) is 0 Å². The minimum Gasteiger partial charge on any atom is -0.0885 e. The molecule has 4 aliphatic rings. The van der Waals surface area contributed by atoms with Crippen LogP contribution in [-0.2, 0) is 0 Å². The van der Waals surface area contributed by atoms with Crippen LogP contribution >= 0.6 is 0 Å². The van der Waals surface area contributed by atoms with Gasteiger partial charge in [-0.1, -0.05) is 116 Å². The second-order valence-corrected chi connectivity index (χ2v) is 14.9. The van der Waals surface area contributed by atoms with Crippen LogP contribution in [0.15, 0.2) is 24.3 Å². The molecule has 0 atom stereocenters. The van der Waals surface area contributed by atoms with E-state index in [1.165, 1.54) is 116 Å². The van der Waals surface area contributed by atoms with Gasteiger partial charge in [-0.3, -0.25) is 0 Å². The second-order valence-electron chi connectivity index (χ2n) is 14.9. The summed E-state index contributed by atoms with van der Waals surface area (Å²) in [5.41, 5.74) is 0. The summed E-state index contributed by atoms with van der Waals surface area (Å²) in [6.45, 7) is 9.22. The lowest BCUT2D eigenvalue weighted by molar-refractivity contribution is 0.151. The normalized spacial score (nSPS) is 35.5. The summed E-state index contributed by atoms with van der Waals surface area (Å²) in [5, 5.41) is 0. The first-order valence-corrected chi connectivity index (χ1v) is 19.0. The van der Waals surface area contributed by atoms with E-state index >= 15 is 0 Å². The van der Waals surface area contributed by atoms with Gasteiger partial charge in [0.1, 0.15) is 0 Å². The zero-order valence-corrected chi connectivity index (χ0v) is 27.9. The molecule has 0 nitrogen and oxygen atoms in total. The third-order valence-corrected chi connectivity index (χ3v) is 12.0. The predicted octanol–water partition coefficient (Wildman–Crippen LogP) is 14.5. The Hall–Kier alpha value is -0.520.